The van der Waals surface area contributed by atoms with Gasteiger partial charge in [-0.15, -0.1) is 0 Å². The van der Waals surface area contributed by atoms with Crippen molar-refractivity contribution in [1.29, 1.82) is 0 Å². The van der Waals surface area contributed by atoms with E-state index < -0.39 is 17.9 Å². The highest BCUT2D eigenvalue weighted by Crippen LogP contribution is 2.14. The van der Waals surface area contributed by atoms with Crippen LogP contribution in [0, 0.1) is 5.92 Å². The van der Waals surface area contributed by atoms with Crippen LogP contribution in [0.5, 0.6) is 0 Å². The molecule has 1 rings (SSSR count). The van der Waals surface area contributed by atoms with E-state index in [1.807, 2.05) is 30.3 Å². The van der Waals surface area contributed by atoms with Gasteiger partial charge in [-0.1, -0.05) is 40.2 Å². The Morgan fingerprint density at radius 2 is 1.68 bits per heavy atom. The molecule has 102 valence electrons. The maximum atomic E-state index is 11.4. The zero-order chi connectivity index (χ0) is 14.3. The van der Waals surface area contributed by atoms with Crippen LogP contribution in [0.1, 0.15) is 12.0 Å². The van der Waals surface area contributed by atoms with Gasteiger partial charge >= 0.3 is 11.9 Å². The Hall–Kier alpha value is -1.62. The van der Waals surface area contributed by atoms with Crippen molar-refractivity contribution in [2.45, 2.75) is 6.42 Å². The molecule has 0 aliphatic carbocycles. The minimum Gasteiger partial charge on any atom is -0.468 e. The molecule has 1 aromatic rings. The molecule has 0 radical (unpaired) electrons. The number of carbonyl (C=O) groups excluding carboxylic acids is 2. The number of methoxy groups -OCH3 is 2. The summed E-state index contributed by atoms with van der Waals surface area (Å²) in [5, 5.41) is 0. The van der Waals surface area contributed by atoms with Crippen LogP contribution in [0.3, 0.4) is 0 Å². The predicted molar refractivity (Wildman–Crippen MR) is 75.3 cm³/mol. The van der Waals surface area contributed by atoms with E-state index >= 15 is 0 Å². The number of rotatable bonds is 5. The number of hydrogen-bond acceptors (Lipinski definition) is 4. The Labute approximate surface area is 120 Å². The van der Waals surface area contributed by atoms with Crippen molar-refractivity contribution in [3.63, 3.8) is 0 Å². The van der Waals surface area contributed by atoms with E-state index in [2.05, 4.69) is 25.4 Å². The molecule has 5 heteroatoms. The zero-order valence-electron chi connectivity index (χ0n) is 10.8. The summed E-state index contributed by atoms with van der Waals surface area (Å²) in [6, 6.07) is 7.67. The molecule has 4 nitrogen and oxygen atoms in total. The summed E-state index contributed by atoms with van der Waals surface area (Å²) in [4.78, 5) is 22.9. The van der Waals surface area contributed by atoms with Crippen molar-refractivity contribution in [1.82, 2.24) is 0 Å². The first-order valence-electron chi connectivity index (χ1n) is 5.66. The summed E-state index contributed by atoms with van der Waals surface area (Å²) in [5.41, 5.74) is 0.983. The molecule has 0 saturated carbocycles. The second-order valence-electron chi connectivity index (χ2n) is 3.79. The fraction of sp³-hybridized carbons (Fsp3) is 0.286. The van der Waals surface area contributed by atoms with Gasteiger partial charge in [0.2, 0.25) is 0 Å². The summed E-state index contributed by atoms with van der Waals surface area (Å²) in [5.74, 6) is -2.10. The van der Waals surface area contributed by atoms with Crippen LogP contribution in [-0.4, -0.2) is 26.2 Å². The third-order valence-corrected chi connectivity index (χ3v) is 3.05. The van der Waals surface area contributed by atoms with Gasteiger partial charge in [0.1, 0.15) is 0 Å². The number of esters is 2. The van der Waals surface area contributed by atoms with Crippen molar-refractivity contribution in [2.24, 2.45) is 5.92 Å². The summed E-state index contributed by atoms with van der Waals surface area (Å²) in [6.45, 7) is 0. The molecule has 0 spiro atoms. The normalized spacial score (nSPS) is 10.7. The smallest absolute Gasteiger partial charge is 0.320 e. The summed E-state index contributed by atoms with van der Waals surface area (Å²) in [7, 11) is 2.49. The maximum Gasteiger partial charge on any atom is 0.320 e. The summed E-state index contributed by atoms with van der Waals surface area (Å²) >= 11 is 3.35. The molecular formula is C14H15BrO4. The number of carbonyl (C=O) groups is 2. The van der Waals surface area contributed by atoms with Gasteiger partial charge in [-0.25, -0.2) is 0 Å². The van der Waals surface area contributed by atoms with Crippen LogP contribution in [0.2, 0.25) is 0 Å². The molecule has 0 atom stereocenters. The van der Waals surface area contributed by atoms with E-state index in [1.165, 1.54) is 14.2 Å². The largest absolute Gasteiger partial charge is 0.468 e. The molecule has 19 heavy (non-hydrogen) atoms. The van der Waals surface area contributed by atoms with Gasteiger partial charge in [-0.05, 0) is 24.1 Å². The molecule has 0 bridgehead atoms. The number of allylic oxidation sites excluding steroid dienone is 1. The Morgan fingerprint density at radius 1 is 1.16 bits per heavy atom. The van der Waals surface area contributed by atoms with Gasteiger partial charge in [-0.3, -0.25) is 9.59 Å². The minimum absolute atomic E-state index is 0.245. The van der Waals surface area contributed by atoms with E-state index in [0.717, 1.165) is 10.0 Å². The molecule has 1 aromatic carbocycles. The van der Waals surface area contributed by atoms with Gasteiger partial charge in [0.25, 0.3) is 0 Å². The number of halogens is 1. The third-order valence-electron chi connectivity index (χ3n) is 2.52. The topological polar surface area (TPSA) is 52.6 Å². The van der Waals surface area contributed by atoms with Crippen molar-refractivity contribution in [3.05, 3.63) is 40.4 Å². The molecule has 0 aromatic heterocycles. The van der Waals surface area contributed by atoms with Crippen LogP contribution in [0.15, 0.2) is 34.8 Å². The SMILES string of the molecule is COC(=O)C(C/C=C/c1ccc(Br)cc1)C(=O)OC. The van der Waals surface area contributed by atoms with E-state index in [9.17, 15) is 9.59 Å². The third kappa shape index (κ3) is 4.87. The van der Waals surface area contributed by atoms with Crippen LogP contribution >= 0.6 is 15.9 Å². The fourth-order valence-corrected chi connectivity index (χ4v) is 1.75. The molecule has 0 aliphatic heterocycles. The van der Waals surface area contributed by atoms with Crippen LogP contribution in [0.4, 0.5) is 0 Å². The Kier molecular flexibility index (Phi) is 6.29. The van der Waals surface area contributed by atoms with Crippen molar-refractivity contribution < 1.29 is 19.1 Å². The quantitative estimate of drug-likeness (QED) is 0.616. The zero-order valence-corrected chi connectivity index (χ0v) is 12.3. The van der Waals surface area contributed by atoms with Crippen molar-refractivity contribution >= 4 is 33.9 Å². The first-order chi connectivity index (χ1) is 9.08. The lowest BCUT2D eigenvalue weighted by molar-refractivity contribution is -0.158. The molecule has 0 amide bonds. The van der Waals surface area contributed by atoms with Crippen LogP contribution in [-0.2, 0) is 19.1 Å². The highest BCUT2D eigenvalue weighted by Gasteiger charge is 2.26. The molecule has 0 N–H and O–H groups in total. The first kappa shape index (κ1) is 15.4. The lowest BCUT2D eigenvalue weighted by Crippen LogP contribution is -2.25. The maximum absolute atomic E-state index is 11.4. The van der Waals surface area contributed by atoms with Gasteiger partial charge in [0.05, 0.1) is 14.2 Å². The Morgan fingerprint density at radius 3 is 2.16 bits per heavy atom. The molecule has 0 heterocycles. The van der Waals surface area contributed by atoms with Crippen LogP contribution in [0.25, 0.3) is 6.08 Å². The first-order valence-corrected chi connectivity index (χ1v) is 6.45. The lowest BCUT2D eigenvalue weighted by atomic mass is 10.0. The number of benzene rings is 1. The van der Waals surface area contributed by atoms with E-state index in [4.69, 9.17) is 0 Å². The molecule has 0 saturated heterocycles. The van der Waals surface area contributed by atoms with E-state index in [1.54, 1.807) is 6.08 Å². The van der Waals surface area contributed by atoms with E-state index in [-0.39, 0.29) is 6.42 Å². The van der Waals surface area contributed by atoms with Crippen molar-refractivity contribution in [3.8, 4) is 0 Å². The average Bonchev–Trinajstić information content (AvgIpc) is 2.44. The minimum atomic E-state index is -0.915. The lowest BCUT2D eigenvalue weighted by Gasteiger charge is -2.09. The monoisotopic (exact) mass is 326 g/mol. The molecule has 0 unspecified atom stereocenters. The second kappa shape index (κ2) is 7.74. The van der Waals surface area contributed by atoms with E-state index in [0.29, 0.717) is 0 Å². The van der Waals surface area contributed by atoms with Gasteiger partial charge in [0, 0.05) is 4.47 Å². The average molecular weight is 327 g/mol. The standard InChI is InChI=1S/C14H15BrO4/c1-18-13(16)12(14(17)19-2)5-3-4-10-6-8-11(15)9-7-10/h3-4,6-9,12H,5H2,1-2H3/b4-3+. The summed E-state index contributed by atoms with van der Waals surface area (Å²) in [6.07, 6.45) is 3.84. The fourth-order valence-electron chi connectivity index (χ4n) is 1.49. The molecule has 0 fully saturated rings. The second-order valence-corrected chi connectivity index (χ2v) is 4.70. The number of hydrogen-bond donors (Lipinski definition) is 0. The van der Waals surface area contributed by atoms with Gasteiger partial charge in [-0.2, -0.15) is 0 Å². The van der Waals surface area contributed by atoms with Crippen molar-refractivity contribution in [2.75, 3.05) is 14.2 Å². The number of ether oxygens (including phenoxy) is 2. The molecular weight excluding hydrogens is 312 g/mol. The highest BCUT2D eigenvalue weighted by atomic mass is 79.9. The van der Waals surface area contributed by atoms with Crippen LogP contribution < -0.4 is 0 Å². The Bertz CT molecular complexity index is 449. The molecule has 0 aliphatic rings. The highest BCUT2D eigenvalue weighted by molar-refractivity contribution is 9.10. The van der Waals surface area contributed by atoms with Gasteiger partial charge in [0.15, 0.2) is 5.92 Å². The van der Waals surface area contributed by atoms with Gasteiger partial charge < -0.3 is 9.47 Å². The predicted octanol–water partition coefficient (Wildman–Crippen LogP) is 2.81. The summed E-state index contributed by atoms with van der Waals surface area (Å²) < 4.78 is 10.1. The Balaban J connectivity index is 2.68.